The van der Waals surface area contributed by atoms with Gasteiger partial charge < -0.3 is 14.2 Å². The molecular formula is C66H110O6. The summed E-state index contributed by atoms with van der Waals surface area (Å²) in [7, 11) is 0. The molecule has 0 aliphatic heterocycles. The van der Waals surface area contributed by atoms with E-state index in [0.717, 1.165) is 135 Å². The lowest BCUT2D eigenvalue weighted by Crippen LogP contribution is -2.30. The summed E-state index contributed by atoms with van der Waals surface area (Å²) in [6.45, 7) is 6.45. The average molecular weight is 1000 g/mol. The molecule has 0 spiro atoms. The number of hydrogen-bond acceptors (Lipinski definition) is 6. The van der Waals surface area contributed by atoms with Gasteiger partial charge in [-0.1, -0.05) is 252 Å². The zero-order valence-electron chi connectivity index (χ0n) is 46.9. The summed E-state index contributed by atoms with van der Waals surface area (Å²) in [5.74, 6) is -0.908. The largest absolute Gasteiger partial charge is 0.462 e. The third kappa shape index (κ3) is 57.0. The fraction of sp³-hybridized carbons (Fsp3) is 0.682. The molecular weight excluding hydrogens is 889 g/mol. The van der Waals surface area contributed by atoms with E-state index in [-0.39, 0.29) is 31.1 Å². The monoisotopic (exact) mass is 999 g/mol. The first-order valence-electron chi connectivity index (χ1n) is 29.9. The van der Waals surface area contributed by atoms with Crippen LogP contribution in [-0.2, 0) is 28.6 Å². The Balaban J connectivity index is 4.18. The standard InChI is InChI=1S/C66H110O6/c1-4-7-10-13-16-19-21-23-25-26-27-28-29-30-31-32-33-34-35-36-37-38-39-40-42-43-45-47-50-53-56-59-65(68)71-62-63(61-70-64(67)58-55-52-49-18-15-12-9-6-3)72-66(69)60-57-54-51-48-46-44-41-24-22-20-17-14-11-8-5-2/h7,10,16-17,19-20,23-25,27-28,30-31,33-34,36-37,41,63H,4-6,8-9,11-15,18,21-22,26,29,32,35,38-40,42-62H2,1-3H3/b10-7-,19-16-,20-17-,25-23-,28-27-,31-30-,34-33-,37-36-,41-24-. The summed E-state index contributed by atoms with van der Waals surface area (Å²) in [4.78, 5) is 38.0. The molecule has 6 heteroatoms. The number of hydrogen-bond donors (Lipinski definition) is 0. The molecule has 0 aromatic rings. The average Bonchev–Trinajstić information content (AvgIpc) is 3.38. The van der Waals surface area contributed by atoms with Gasteiger partial charge in [-0.3, -0.25) is 14.4 Å². The number of ether oxygens (including phenoxy) is 3. The fourth-order valence-electron chi connectivity index (χ4n) is 8.04. The summed E-state index contributed by atoms with van der Waals surface area (Å²) >= 11 is 0. The predicted octanol–water partition coefficient (Wildman–Crippen LogP) is 20.3. The third-order valence-electron chi connectivity index (χ3n) is 12.5. The second kappa shape index (κ2) is 59.6. The smallest absolute Gasteiger partial charge is 0.306 e. The summed E-state index contributed by atoms with van der Waals surface area (Å²) < 4.78 is 16.8. The molecule has 72 heavy (non-hydrogen) atoms. The minimum absolute atomic E-state index is 0.0845. The van der Waals surface area contributed by atoms with Crippen LogP contribution >= 0.6 is 0 Å². The molecule has 6 nitrogen and oxygen atoms in total. The molecule has 0 aromatic carbocycles. The lowest BCUT2D eigenvalue weighted by atomic mass is 10.1. The Bertz CT molecular complexity index is 1470. The number of allylic oxidation sites excluding steroid dienone is 18. The second-order valence-electron chi connectivity index (χ2n) is 19.5. The predicted molar refractivity (Wildman–Crippen MR) is 311 cm³/mol. The highest BCUT2D eigenvalue weighted by Gasteiger charge is 2.19. The van der Waals surface area contributed by atoms with Crippen LogP contribution < -0.4 is 0 Å². The van der Waals surface area contributed by atoms with Crippen LogP contribution in [0.15, 0.2) is 109 Å². The van der Waals surface area contributed by atoms with Gasteiger partial charge in [0, 0.05) is 19.3 Å². The van der Waals surface area contributed by atoms with Crippen molar-refractivity contribution in [2.45, 2.75) is 277 Å². The van der Waals surface area contributed by atoms with Crippen molar-refractivity contribution in [1.29, 1.82) is 0 Å². The molecule has 0 aliphatic rings. The first-order chi connectivity index (χ1) is 35.5. The molecule has 0 amide bonds. The van der Waals surface area contributed by atoms with E-state index in [9.17, 15) is 14.4 Å². The number of unbranched alkanes of at least 4 members (excludes halogenated alkanes) is 24. The number of esters is 3. The van der Waals surface area contributed by atoms with E-state index in [1.807, 2.05) is 0 Å². The molecule has 0 N–H and O–H groups in total. The van der Waals surface area contributed by atoms with Crippen LogP contribution in [0, 0.1) is 0 Å². The summed E-state index contributed by atoms with van der Waals surface area (Å²) in [5.41, 5.74) is 0. The molecule has 0 saturated heterocycles. The highest BCUT2D eigenvalue weighted by atomic mass is 16.6. The summed E-state index contributed by atoms with van der Waals surface area (Å²) in [6.07, 6.45) is 81.0. The second-order valence-corrected chi connectivity index (χ2v) is 19.5. The first-order valence-corrected chi connectivity index (χ1v) is 29.9. The van der Waals surface area contributed by atoms with Crippen molar-refractivity contribution in [2.75, 3.05) is 13.2 Å². The van der Waals surface area contributed by atoms with E-state index < -0.39 is 6.10 Å². The van der Waals surface area contributed by atoms with Crippen LogP contribution in [0.2, 0.25) is 0 Å². The molecule has 0 bridgehead atoms. The normalized spacial score (nSPS) is 12.9. The van der Waals surface area contributed by atoms with E-state index in [1.165, 1.54) is 96.3 Å². The topological polar surface area (TPSA) is 78.9 Å². The molecule has 0 fully saturated rings. The lowest BCUT2D eigenvalue weighted by Gasteiger charge is -2.18. The molecule has 0 heterocycles. The Labute approximate surface area is 444 Å². The van der Waals surface area contributed by atoms with Crippen LogP contribution in [0.3, 0.4) is 0 Å². The SMILES string of the molecule is CC/C=C\C/C=C\C/C=C\C/C=C\C/C=C\C/C=C\C/C=C\CCCCCCCCCCCC(=O)OCC(COC(=O)CCCCCCCCCC)OC(=O)CCCCCCC/C=C\C/C=C\CCCCC. The van der Waals surface area contributed by atoms with E-state index in [0.29, 0.717) is 19.3 Å². The van der Waals surface area contributed by atoms with Crippen molar-refractivity contribution in [3.8, 4) is 0 Å². The van der Waals surface area contributed by atoms with Gasteiger partial charge in [-0.15, -0.1) is 0 Å². The van der Waals surface area contributed by atoms with Gasteiger partial charge in [0.15, 0.2) is 6.10 Å². The minimum atomic E-state index is -0.786. The Kier molecular flexibility index (Phi) is 56.4. The molecule has 0 aromatic heterocycles. The maximum atomic E-state index is 12.8. The van der Waals surface area contributed by atoms with E-state index >= 15 is 0 Å². The molecule has 410 valence electrons. The number of carbonyl (C=O) groups is 3. The number of rotatable bonds is 53. The van der Waals surface area contributed by atoms with Crippen molar-refractivity contribution in [3.63, 3.8) is 0 Å². The molecule has 0 saturated carbocycles. The molecule has 1 unspecified atom stereocenters. The van der Waals surface area contributed by atoms with Gasteiger partial charge in [0.25, 0.3) is 0 Å². The maximum Gasteiger partial charge on any atom is 0.306 e. The van der Waals surface area contributed by atoms with E-state index in [4.69, 9.17) is 14.2 Å². The quantitative estimate of drug-likeness (QED) is 0.0261. The van der Waals surface area contributed by atoms with E-state index in [1.54, 1.807) is 0 Å². The van der Waals surface area contributed by atoms with E-state index in [2.05, 4.69) is 130 Å². The van der Waals surface area contributed by atoms with Gasteiger partial charge >= 0.3 is 17.9 Å². The number of carbonyl (C=O) groups excluding carboxylic acids is 3. The van der Waals surface area contributed by atoms with Crippen molar-refractivity contribution in [2.24, 2.45) is 0 Å². The van der Waals surface area contributed by atoms with Crippen LogP contribution in [-0.4, -0.2) is 37.2 Å². The van der Waals surface area contributed by atoms with Gasteiger partial charge in [-0.05, 0) is 109 Å². The Morgan fingerprint density at radius 3 is 0.875 bits per heavy atom. The maximum absolute atomic E-state index is 12.8. The molecule has 0 radical (unpaired) electrons. The summed E-state index contributed by atoms with van der Waals surface area (Å²) in [5, 5.41) is 0. The van der Waals surface area contributed by atoms with Crippen LogP contribution in [0.4, 0.5) is 0 Å². The minimum Gasteiger partial charge on any atom is -0.462 e. The van der Waals surface area contributed by atoms with Gasteiger partial charge in [0.05, 0.1) is 0 Å². The third-order valence-corrected chi connectivity index (χ3v) is 12.5. The van der Waals surface area contributed by atoms with Crippen molar-refractivity contribution in [3.05, 3.63) is 109 Å². The molecule has 0 aliphatic carbocycles. The van der Waals surface area contributed by atoms with Gasteiger partial charge in [-0.25, -0.2) is 0 Å². The summed E-state index contributed by atoms with van der Waals surface area (Å²) in [6, 6.07) is 0. The molecule has 1 atom stereocenters. The Hall–Kier alpha value is -3.93. The zero-order valence-corrected chi connectivity index (χ0v) is 46.9. The van der Waals surface area contributed by atoms with Crippen LogP contribution in [0.5, 0.6) is 0 Å². The zero-order chi connectivity index (χ0) is 52.2. The Morgan fingerprint density at radius 2 is 0.542 bits per heavy atom. The van der Waals surface area contributed by atoms with Crippen LogP contribution in [0.1, 0.15) is 271 Å². The Morgan fingerprint density at radius 1 is 0.292 bits per heavy atom. The fourth-order valence-corrected chi connectivity index (χ4v) is 8.04. The highest BCUT2D eigenvalue weighted by molar-refractivity contribution is 5.71. The van der Waals surface area contributed by atoms with Gasteiger partial charge in [0.1, 0.15) is 13.2 Å². The van der Waals surface area contributed by atoms with Crippen molar-refractivity contribution < 1.29 is 28.6 Å². The van der Waals surface area contributed by atoms with Crippen molar-refractivity contribution >= 4 is 17.9 Å². The van der Waals surface area contributed by atoms with Crippen molar-refractivity contribution in [1.82, 2.24) is 0 Å². The van der Waals surface area contributed by atoms with Gasteiger partial charge in [0.2, 0.25) is 0 Å². The highest BCUT2D eigenvalue weighted by Crippen LogP contribution is 2.15. The lowest BCUT2D eigenvalue weighted by molar-refractivity contribution is -0.167. The van der Waals surface area contributed by atoms with Crippen LogP contribution in [0.25, 0.3) is 0 Å². The molecule has 0 rings (SSSR count). The first kappa shape index (κ1) is 68.1. The van der Waals surface area contributed by atoms with Gasteiger partial charge in [-0.2, -0.15) is 0 Å².